The summed E-state index contributed by atoms with van der Waals surface area (Å²) >= 11 is 0. The number of aromatic nitrogens is 4. The standard InChI is InChI=1S/C15H23N5/c1-11-14(12(2)18-17-11)10-19(3)8-13-4-5-15-16-6-7-20(15)9-13/h6-7,13H,4-5,8-10H2,1-3H3,(H,17,18). The van der Waals surface area contributed by atoms with Crippen LogP contribution in [0.3, 0.4) is 0 Å². The van der Waals surface area contributed by atoms with Crippen molar-refractivity contribution in [1.29, 1.82) is 0 Å². The van der Waals surface area contributed by atoms with Gasteiger partial charge < -0.3 is 9.47 Å². The zero-order valence-electron chi connectivity index (χ0n) is 12.6. The lowest BCUT2D eigenvalue weighted by Gasteiger charge is -2.28. The molecule has 5 heteroatoms. The third-order valence-corrected chi connectivity index (χ3v) is 4.31. The van der Waals surface area contributed by atoms with Crippen LogP contribution < -0.4 is 0 Å². The van der Waals surface area contributed by atoms with Gasteiger partial charge in [-0.3, -0.25) is 5.10 Å². The number of aryl methyl sites for hydroxylation is 3. The number of aromatic amines is 1. The van der Waals surface area contributed by atoms with Gasteiger partial charge in [0, 0.05) is 49.7 Å². The average molecular weight is 273 g/mol. The fraction of sp³-hybridized carbons (Fsp3) is 0.600. The van der Waals surface area contributed by atoms with Gasteiger partial charge in [-0.2, -0.15) is 5.10 Å². The van der Waals surface area contributed by atoms with E-state index in [1.165, 1.54) is 23.5 Å². The summed E-state index contributed by atoms with van der Waals surface area (Å²) in [4.78, 5) is 6.81. The monoisotopic (exact) mass is 273 g/mol. The molecule has 0 radical (unpaired) electrons. The number of nitrogens with one attached hydrogen (secondary N) is 1. The lowest BCUT2D eigenvalue weighted by atomic mass is 9.98. The van der Waals surface area contributed by atoms with Gasteiger partial charge in [0.25, 0.3) is 0 Å². The van der Waals surface area contributed by atoms with E-state index in [1.807, 2.05) is 6.20 Å². The third-order valence-electron chi connectivity index (χ3n) is 4.31. The van der Waals surface area contributed by atoms with Crippen LogP contribution >= 0.6 is 0 Å². The van der Waals surface area contributed by atoms with Crippen molar-refractivity contribution in [3.63, 3.8) is 0 Å². The first-order valence-electron chi connectivity index (χ1n) is 7.32. The van der Waals surface area contributed by atoms with E-state index >= 15 is 0 Å². The first-order chi connectivity index (χ1) is 9.63. The maximum absolute atomic E-state index is 4.39. The summed E-state index contributed by atoms with van der Waals surface area (Å²) in [5.41, 5.74) is 3.65. The highest BCUT2D eigenvalue weighted by atomic mass is 15.2. The minimum absolute atomic E-state index is 0.717. The first kappa shape index (κ1) is 13.4. The molecule has 1 aliphatic rings. The molecule has 108 valence electrons. The van der Waals surface area contributed by atoms with Crippen LogP contribution in [0.1, 0.15) is 29.2 Å². The molecule has 20 heavy (non-hydrogen) atoms. The van der Waals surface area contributed by atoms with Crippen molar-refractivity contribution in [3.8, 4) is 0 Å². The Kier molecular flexibility index (Phi) is 3.61. The zero-order chi connectivity index (χ0) is 14.1. The van der Waals surface area contributed by atoms with Crippen molar-refractivity contribution in [1.82, 2.24) is 24.6 Å². The Hall–Kier alpha value is -1.62. The second-order valence-corrected chi connectivity index (χ2v) is 6.01. The van der Waals surface area contributed by atoms with E-state index in [-0.39, 0.29) is 0 Å². The minimum Gasteiger partial charge on any atom is -0.335 e. The summed E-state index contributed by atoms with van der Waals surface area (Å²) < 4.78 is 2.30. The highest BCUT2D eigenvalue weighted by molar-refractivity contribution is 5.22. The molecule has 0 bridgehead atoms. The van der Waals surface area contributed by atoms with E-state index in [0.29, 0.717) is 5.92 Å². The second kappa shape index (κ2) is 5.40. The Morgan fingerprint density at radius 3 is 3.05 bits per heavy atom. The van der Waals surface area contributed by atoms with Gasteiger partial charge in [0.2, 0.25) is 0 Å². The molecule has 0 aliphatic carbocycles. The molecule has 5 nitrogen and oxygen atoms in total. The Balaban J connectivity index is 1.59. The van der Waals surface area contributed by atoms with Gasteiger partial charge in [0.1, 0.15) is 5.82 Å². The molecule has 0 saturated heterocycles. The van der Waals surface area contributed by atoms with Crippen LogP contribution in [-0.4, -0.2) is 38.2 Å². The Labute approximate surface area is 120 Å². The molecule has 0 amide bonds. The summed E-state index contributed by atoms with van der Waals surface area (Å²) in [5.74, 6) is 1.96. The molecule has 1 atom stereocenters. The molecular weight excluding hydrogens is 250 g/mol. The van der Waals surface area contributed by atoms with E-state index in [4.69, 9.17) is 0 Å². The van der Waals surface area contributed by atoms with Crippen LogP contribution in [0.2, 0.25) is 0 Å². The number of H-pyrrole nitrogens is 1. The average Bonchev–Trinajstić information content (AvgIpc) is 3.00. The number of fused-ring (bicyclic) bond motifs is 1. The largest absolute Gasteiger partial charge is 0.335 e. The van der Waals surface area contributed by atoms with Crippen LogP contribution in [-0.2, 0) is 19.5 Å². The normalized spacial score (nSPS) is 18.5. The van der Waals surface area contributed by atoms with Gasteiger partial charge in [0.05, 0.1) is 5.69 Å². The second-order valence-electron chi connectivity index (χ2n) is 6.01. The maximum atomic E-state index is 4.39. The van der Waals surface area contributed by atoms with E-state index in [9.17, 15) is 0 Å². The van der Waals surface area contributed by atoms with Crippen molar-refractivity contribution in [2.24, 2.45) is 5.92 Å². The summed E-state index contributed by atoms with van der Waals surface area (Å²) in [6, 6.07) is 0. The maximum Gasteiger partial charge on any atom is 0.108 e. The fourth-order valence-corrected chi connectivity index (χ4v) is 3.17. The Morgan fingerprint density at radius 1 is 1.45 bits per heavy atom. The van der Waals surface area contributed by atoms with Crippen molar-refractivity contribution in [3.05, 3.63) is 35.2 Å². The number of hydrogen-bond donors (Lipinski definition) is 1. The van der Waals surface area contributed by atoms with Crippen molar-refractivity contribution < 1.29 is 0 Å². The van der Waals surface area contributed by atoms with Gasteiger partial charge >= 0.3 is 0 Å². The minimum atomic E-state index is 0.717. The number of rotatable bonds is 4. The third kappa shape index (κ3) is 2.63. The number of hydrogen-bond acceptors (Lipinski definition) is 3. The smallest absolute Gasteiger partial charge is 0.108 e. The summed E-state index contributed by atoms with van der Waals surface area (Å²) in [5, 5.41) is 7.34. The predicted octanol–water partition coefficient (Wildman–Crippen LogP) is 1.92. The molecule has 3 rings (SSSR count). The summed E-state index contributed by atoms with van der Waals surface area (Å²) in [7, 11) is 2.20. The zero-order valence-corrected chi connectivity index (χ0v) is 12.6. The van der Waals surface area contributed by atoms with Crippen LogP contribution in [0.4, 0.5) is 0 Å². The fourth-order valence-electron chi connectivity index (χ4n) is 3.17. The van der Waals surface area contributed by atoms with Gasteiger partial charge in [-0.25, -0.2) is 4.98 Å². The molecule has 2 aromatic heterocycles. The van der Waals surface area contributed by atoms with E-state index in [0.717, 1.165) is 31.7 Å². The SMILES string of the molecule is Cc1n[nH]c(C)c1CN(C)CC1CCc2nccn2C1. The molecule has 0 spiro atoms. The van der Waals surface area contributed by atoms with Gasteiger partial charge in [-0.05, 0) is 33.2 Å². The molecule has 3 heterocycles. The van der Waals surface area contributed by atoms with Crippen molar-refractivity contribution in [2.75, 3.05) is 13.6 Å². The molecule has 0 fully saturated rings. The van der Waals surface area contributed by atoms with Gasteiger partial charge in [-0.15, -0.1) is 0 Å². The lowest BCUT2D eigenvalue weighted by Crippen LogP contribution is -2.31. The molecule has 0 saturated carbocycles. The van der Waals surface area contributed by atoms with Crippen LogP contribution in [0.15, 0.2) is 12.4 Å². The highest BCUT2D eigenvalue weighted by Crippen LogP contribution is 2.20. The number of imidazole rings is 1. The van der Waals surface area contributed by atoms with E-state index in [2.05, 4.69) is 51.7 Å². The summed E-state index contributed by atoms with van der Waals surface area (Å²) in [6.45, 7) is 7.37. The van der Waals surface area contributed by atoms with Crippen molar-refractivity contribution >= 4 is 0 Å². The van der Waals surface area contributed by atoms with Crippen LogP contribution in [0.5, 0.6) is 0 Å². The van der Waals surface area contributed by atoms with E-state index < -0.39 is 0 Å². The first-order valence-corrected chi connectivity index (χ1v) is 7.32. The van der Waals surface area contributed by atoms with Gasteiger partial charge in [0.15, 0.2) is 0 Å². The molecule has 1 aliphatic heterocycles. The van der Waals surface area contributed by atoms with Crippen LogP contribution in [0, 0.1) is 19.8 Å². The van der Waals surface area contributed by atoms with Gasteiger partial charge in [-0.1, -0.05) is 0 Å². The van der Waals surface area contributed by atoms with E-state index in [1.54, 1.807) is 0 Å². The Morgan fingerprint density at radius 2 is 2.30 bits per heavy atom. The topological polar surface area (TPSA) is 49.7 Å². The molecule has 0 aromatic carbocycles. The summed E-state index contributed by atoms with van der Waals surface area (Å²) in [6.07, 6.45) is 6.37. The lowest BCUT2D eigenvalue weighted by molar-refractivity contribution is 0.228. The Bertz CT molecular complexity index is 563. The van der Waals surface area contributed by atoms with Crippen molar-refractivity contribution in [2.45, 2.75) is 39.8 Å². The molecule has 1 unspecified atom stereocenters. The highest BCUT2D eigenvalue weighted by Gasteiger charge is 2.20. The predicted molar refractivity (Wildman–Crippen MR) is 78.4 cm³/mol. The molecule has 2 aromatic rings. The van der Waals surface area contributed by atoms with Crippen LogP contribution in [0.25, 0.3) is 0 Å². The molecular formula is C15H23N5. The number of nitrogens with zero attached hydrogens (tertiary/aromatic N) is 4. The molecule has 1 N–H and O–H groups in total. The quantitative estimate of drug-likeness (QED) is 0.926.